The van der Waals surface area contributed by atoms with Crippen LogP contribution in [0, 0.1) is 0 Å². The summed E-state index contributed by atoms with van der Waals surface area (Å²) < 4.78 is 11.8. The standard InChI is InChI=1S/C20H20BrN3O3/c1-13(2)19-23-20(27-24-19)15-6-8-17(9-7-15)26-12-18(25)22-11-14-4-3-5-16(21)10-14/h3-10,13H,11-12H2,1-2H3,(H,22,25). The Morgan fingerprint density at radius 2 is 2.00 bits per heavy atom. The van der Waals surface area contributed by atoms with Crippen molar-refractivity contribution in [1.29, 1.82) is 0 Å². The molecule has 0 atom stereocenters. The number of benzene rings is 2. The Morgan fingerprint density at radius 1 is 1.22 bits per heavy atom. The van der Waals surface area contributed by atoms with Gasteiger partial charge in [-0.3, -0.25) is 4.79 Å². The topological polar surface area (TPSA) is 77.2 Å². The Kier molecular flexibility index (Phi) is 6.24. The number of hydrogen-bond donors (Lipinski definition) is 1. The Labute approximate surface area is 166 Å². The molecule has 0 radical (unpaired) electrons. The first-order chi connectivity index (χ1) is 13.0. The lowest BCUT2D eigenvalue weighted by Crippen LogP contribution is -2.28. The van der Waals surface area contributed by atoms with Crippen LogP contribution in [0.1, 0.15) is 31.2 Å². The summed E-state index contributed by atoms with van der Waals surface area (Å²) >= 11 is 3.41. The molecule has 2 aromatic carbocycles. The monoisotopic (exact) mass is 429 g/mol. The van der Waals surface area contributed by atoms with Gasteiger partial charge in [-0.2, -0.15) is 4.98 Å². The van der Waals surface area contributed by atoms with Crippen molar-refractivity contribution < 1.29 is 14.1 Å². The minimum absolute atomic E-state index is 0.0502. The van der Waals surface area contributed by atoms with Crippen molar-refractivity contribution >= 4 is 21.8 Å². The zero-order valence-electron chi connectivity index (χ0n) is 15.1. The summed E-state index contributed by atoms with van der Waals surface area (Å²) in [6.07, 6.45) is 0. The molecule has 1 heterocycles. The molecule has 1 aromatic heterocycles. The maximum absolute atomic E-state index is 11.9. The van der Waals surface area contributed by atoms with Crippen molar-refractivity contribution in [3.8, 4) is 17.2 Å². The molecule has 0 saturated carbocycles. The van der Waals surface area contributed by atoms with Crippen molar-refractivity contribution in [2.45, 2.75) is 26.3 Å². The van der Waals surface area contributed by atoms with E-state index in [1.165, 1.54) is 0 Å². The highest BCUT2D eigenvalue weighted by Gasteiger charge is 2.11. The SMILES string of the molecule is CC(C)c1noc(-c2ccc(OCC(=O)NCc3cccc(Br)c3)cc2)n1. The van der Waals surface area contributed by atoms with Gasteiger partial charge in [0.25, 0.3) is 11.8 Å². The van der Waals surface area contributed by atoms with E-state index in [-0.39, 0.29) is 18.4 Å². The first kappa shape index (κ1) is 19.1. The van der Waals surface area contributed by atoms with Gasteiger partial charge in [0.2, 0.25) is 0 Å². The third-order valence-corrected chi connectivity index (χ3v) is 4.30. The third-order valence-electron chi connectivity index (χ3n) is 3.81. The number of nitrogens with one attached hydrogen (secondary N) is 1. The quantitative estimate of drug-likeness (QED) is 0.604. The van der Waals surface area contributed by atoms with E-state index in [1.54, 1.807) is 12.1 Å². The molecular formula is C20H20BrN3O3. The lowest BCUT2D eigenvalue weighted by molar-refractivity contribution is -0.123. The molecule has 6 nitrogen and oxygen atoms in total. The molecule has 140 valence electrons. The average Bonchev–Trinajstić information content (AvgIpc) is 3.16. The van der Waals surface area contributed by atoms with Crippen molar-refractivity contribution in [2.24, 2.45) is 0 Å². The van der Waals surface area contributed by atoms with Crippen LogP contribution in [0.3, 0.4) is 0 Å². The molecule has 0 bridgehead atoms. The Hall–Kier alpha value is -2.67. The van der Waals surface area contributed by atoms with Gasteiger partial charge in [-0.25, -0.2) is 0 Å². The molecule has 3 aromatic rings. The van der Waals surface area contributed by atoms with E-state index in [0.717, 1.165) is 15.6 Å². The highest BCUT2D eigenvalue weighted by Crippen LogP contribution is 2.22. The normalized spacial score (nSPS) is 10.8. The molecule has 1 N–H and O–H groups in total. The van der Waals surface area contributed by atoms with Crippen LogP contribution in [0.5, 0.6) is 5.75 Å². The van der Waals surface area contributed by atoms with Gasteiger partial charge in [-0.1, -0.05) is 47.1 Å². The van der Waals surface area contributed by atoms with Crippen LogP contribution in [0.15, 0.2) is 57.5 Å². The molecule has 0 spiro atoms. The number of aromatic nitrogens is 2. The van der Waals surface area contributed by atoms with Gasteiger partial charge >= 0.3 is 0 Å². The lowest BCUT2D eigenvalue weighted by atomic mass is 10.2. The second-order valence-corrected chi connectivity index (χ2v) is 7.25. The zero-order chi connectivity index (χ0) is 19.2. The third kappa shape index (κ3) is 5.40. The van der Waals surface area contributed by atoms with Gasteiger partial charge < -0.3 is 14.6 Å². The second kappa shape index (κ2) is 8.81. The second-order valence-electron chi connectivity index (χ2n) is 6.33. The summed E-state index contributed by atoms with van der Waals surface area (Å²) in [6, 6.07) is 15.0. The highest BCUT2D eigenvalue weighted by atomic mass is 79.9. The van der Waals surface area contributed by atoms with Crippen LogP contribution in [0.4, 0.5) is 0 Å². The van der Waals surface area contributed by atoms with Gasteiger partial charge in [0.05, 0.1) is 0 Å². The smallest absolute Gasteiger partial charge is 0.258 e. The number of ether oxygens (including phenoxy) is 1. The first-order valence-corrected chi connectivity index (χ1v) is 9.38. The van der Waals surface area contributed by atoms with Crippen molar-refractivity contribution in [3.63, 3.8) is 0 Å². The number of carbonyl (C=O) groups is 1. The molecule has 0 aliphatic heterocycles. The van der Waals surface area contributed by atoms with Gasteiger partial charge in [0.15, 0.2) is 12.4 Å². The minimum atomic E-state index is -0.183. The van der Waals surface area contributed by atoms with Gasteiger partial charge in [0.1, 0.15) is 5.75 Å². The van der Waals surface area contributed by atoms with E-state index in [9.17, 15) is 4.79 Å². The average molecular weight is 430 g/mol. The summed E-state index contributed by atoms with van der Waals surface area (Å²) in [5.41, 5.74) is 1.82. The maximum atomic E-state index is 11.9. The van der Waals surface area contributed by atoms with Gasteiger partial charge in [0, 0.05) is 22.5 Å². The molecule has 0 aliphatic carbocycles. The summed E-state index contributed by atoms with van der Waals surface area (Å²) in [5, 5.41) is 6.78. The fourth-order valence-electron chi connectivity index (χ4n) is 2.33. The summed E-state index contributed by atoms with van der Waals surface area (Å²) in [5.74, 6) is 1.77. The number of amides is 1. The number of rotatable bonds is 7. The lowest BCUT2D eigenvalue weighted by Gasteiger charge is -2.08. The van der Waals surface area contributed by atoms with Crippen LogP contribution in [-0.2, 0) is 11.3 Å². The molecule has 3 rings (SSSR count). The fourth-order valence-corrected chi connectivity index (χ4v) is 2.77. The molecule has 0 saturated heterocycles. The van der Waals surface area contributed by atoms with E-state index in [1.807, 2.05) is 50.2 Å². The molecule has 0 fully saturated rings. The largest absolute Gasteiger partial charge is 0.484 e. The molecule has 7 heteroatoms. The predicted octanol–water partition coefficient (Wildman–Crippen LogP) is 4.32. The van der Waals surface area contributed by atoms with Crippen molar-refractivity contribution in [2.75, 3.05) is 6.61 Å². The molecule has 1 amide bonds. The Morgan fingerprint density at radius 3 is 2.67 bits per heavy atom. The van der Waals surface area contributed by atoms with Crippen LogP contribution < -0.4 is 10.1 Å². The number of nitrogens with zero attached hydrogens (tertiary/aromatic N) is 2. The number of halogens is 1. The van der Waals surface area contributed by atoms with Crippen LogP contribution >= 0.6 is 15.9 Å². The predicted molar refractivity (Wildman–Crippen MR) is 105 cm³/mol. The van der Waals surface area contributed by atoms with Crippen molar-refractivity contribution in [1.82, 2.24) is 15.5 Å². The number of hydrogen-bond acceptors (Lipinski definition) is 5. The summed E-state index contributed by atoms with van der Waals surface area (Å²) in [4.78, 5) is 16.3. The van der Waals surface area contributed by atoms with Crippen LogP contribution in [0.25, 0.3) is 11.5 Å². The van der Waals surface area contributed by atoms with Crippen LogP contribution in [0.2, 0.25) is 0 Å². The molecular weight excluding hydrogens is 410 g/mol. The van der Waals surface area contributed by atoms with Crippen molar-refractivity contribution in [3.05, 3.63) is 64.4 Å². The Balaban J connectivity index is 1.50. The zero-order valence-corrected chi connectivity index (χ0v) is 16.7. The Bertz CT molecular complexity index is 907. The fraction of sp³-hybridized carbons (Fsp3) is 0.250. The highest BCUT2D eigenvalue weighted by molar-refractivity contribution is 9.10. The molecule has 27 heavy (non-hydrogen) atoms. The van der Waals surface area contributed by atoms with E-state index in [0.29, 0.717) is 24.0 Å². The van der Waals surface area contributed by atoms with E-state index in [2.05, 4.69) is 31.4 Å². The van der Waals surface area contributed by atoms with Gasteiger partial charge in [-0.15, -0.1) is 0 Å². The first-order valence-electron chi connectivity index (χ1n) is 8.59. The van der Waals surface area contributed by atoms with E-state index in [4.69, 9.17) is 9.26 Å². The van der Waals surface area contributed by atoms with Gasteiger partial charge in [-0.05, 0) is 42.0 Å². The molecule has 0 aliphatic rings. The summed E-state index contributed by atoms with van der Waals surface area (Å²) in [6.45, 7) is 4.42. The van der Waals surface area contributed by atoms with E-state index >= 15 is 0 Å². The maximum Gasteiger partial charge on any atom is 0.258 e. The van der Waals surface area contributed by atoms with Crippen LogP contribution in [-0.4, -0.2) is 22.7 Å². The number of carbonyl (C=O) groups excluding carboxylic acids is 1. The minimum Gasteiger partial charge on any atom is -0.484 e. The molecule has 0 unspecified atom stereocenters. The van der Waals surface area contributed by atoms with E-state index < -0.39 is 0 Å². The summed E-state index contributed by atoms with van der Waals surface area (Å²) in [7, 11) is 0.